The molecule has 0 amide bonds. The predicted molar refractivity (Wildman–Crippen MR) is 108 cm³/mol. The van der Waals surface area contributed by atoms with Crippen molar-refractivity contribution in [3.63, 3.8) is 0 Å². The lowest BCUT2D eigenvalue weighted by molar-refractivity contribution is -0.137. The Balaban J connectivity index is 1.89. The second-order valence-corrected chi connectivity index (χ2v) is 5.83. The molecule has 2 rings (SSSR count). The number of rotatable bonds is 9. The maximum atomic E-state index is 14.0. The molecular formula is C23H19FO6. The summed E-state index contributed by atoms with van der Waals surface area (Å²) in [5, 5.41) is 0. The third-order valence-corrected chi connectivity index (χ3v) is 3.70. The number of hydrogen-bond donors (Lipinski definition) is 0. The maximum Gasteiger partial charge on any atom is 0.336 e. The standard InChI is InChI=1S/C23H19FO6/c1-3-21(25)28-14-13-16-5-9-18(10-6-16)29-23(27)12-8-17-7-11-19(15-20(17)24)30-22(26)4-2/h3-12,15H,1-2,13-14H2. The molecule has 154 valence electrons. The third kappa shape index (κ3) is 7.20. The van der Waals surface area contributed by atoms with Gasteiger partial charge in [-0.15, -0.1) is 0 Å². The van der Waals surface area contributed by atoms with Crippen LogP contribution in [0.2, 0.25) is 0 Å². The first-order chi connectivity index (χ1) is 14.4. The predicted octanol–water partition coefficient (Wildman–Crippen LogP) is 3.81. The van der Waals surface area contributed by atoms with Gasteiger partial charge in [-0.2, -0.15) is 0 Å². The highest BCUT2D eigenvalue weighted by molar-refractivity contribution is 5.89. The van der Waals surface area contributed by atoms with Crippen LogP contribution in [0.15, 0.2) is 73.9 Å². The Bertz CT molecular complexity index is 976. The molecule has 0 saturated carbocycles. The van der Waals surface area contributed by atoms with Crippen molar-refractivity contribution in [3.05, 3.63) is 90.8 Å². The molecular weight excluding hydrogens is 391 g/mol. The molecule has 0 atom stereocenters. The lowest BCUT2D eigenvalue weighted by atomic mass is 10.1. The highest BCUT2D eigenvalue weighted by Crippen LogP contribution is 2.18. The fraction of sp³-hybridized carbons (Fsp3) is 0.0870. The number of hydrogen-bond acceptors (Lipinski definition) is 6. The van der Waals surface area contributed by atoms with Gasteiger partial charge in [-0.25, -0.2) is 18.8 Å². The van der Waals surface area contributed by atoms with Gasteiger partial charge in [-0.1, -0.05) is 25.3 Å². The van der Waals surface area contributed by atoms with Gasteiger partial charge in [0.25, 0.3) is 0 Å². The van der Waals surface area contributed by atoms with Crippen LogP contribution in [0, 0.1) is 5.82 Å². The molecule has 0 aliphatic carbocycles. The van der Waals surface area contributed by atoms with Crippen LogP contribution in [0.25, 0.3) is 6.08 Å². The van der Waals surface area contributed by atoms with Gasteiger partial charge in [0.2, 0.25) is 0 Å². The number of carbonyl (C=O) groups is 3. The number of halogens is 1. The molecule has 7 heteroatoms. The van der Waals surface area contributed by atoms with E-state index in [9.17, 15) is 18.8 Å². The van der Waals surface area contributed by atoms with Crippen LogP contribution in [-0.2, 0) is 25.5 Å². The summed E-state index contributed by atoms with van der Waals surface area (Å²) >= 11 is 0. The molecule has 0 aromatic heterocycles. The Morgan fingerprint density at radius 2 is 1.50 bits per heavy atom. The molecule has 0 fully saturated rings. The zero-order valence-corrected chi connectivity index (χ0v) is 16.0. The van der Waals surface area contributed by atoms with Gasteiger partial charge >= 0.3 is 17.9 Å². The van der Waals surface area contributed by atoms with Crippen molar-refractivity contribution in [3.8, 4) is 11.5 Å². The van der Waals surface area contributed by atoms with Gasteiger partial charge in [-0.05, 0) is 35.9 Å². The van der Waals surface area contributed by atoms with Crippen molar-refractivity contribution in [2.24, 2.45) is 0 Å². The molecule has 0 aliphatic heterocycles. The highest BCUT2D eigenvalue weighted by Gasteiger charge is 2.06. The van der Waals surface area contributed by atoms with Crippen molar-refractivity contribution in [2.45, 2.75) is 6.42 Å². The summed E-state index contributed by atoms with van der Waals surface area (Å²) in [6, 6.07) is 10.4. The summed E-state index contributed by atoms with van der Waals surface area (Å²) in [6.07, 6.45) is 4.89. The van der Waals surface area contributed by atoms with Crippen LogP contribution in [0.4, 0.5) is 4.39 Å². The summed E-state index contributed by atoms with van der Waals surface area (Å²) in [6.45, 7) is 6.78. The summed E-state index contributed by atoms with van der Waals surface area (Å²) in [5.74, 6) is -2.22. The lowest BCUT2D eigenvalue weighted by Gasteiger charge is -2.05. The van der Waals surface area contributed by atoms with Crippen molar-refractivity contribution in [1.29, 1.82) is 0 Å². The van der Waals surface area contributed by atoms with E-state index in [-0.39, 0.29) is 17.9 Å². The Morgan fingerprint density at radius 3 is 2.13 bits per heavy atom. The molecule has 0 unspecified atom stereocenters. The average molecular weight is 410 g/mol. The highest BCUT2D eigenvalue weighted by atomic mass is 19.1. The number of ether oxygens (including phenoxy) is 3. The van der Waals surface area contributed by atoms with E-state index >= 15 is 0 Å². The van der Waals surface area contributed by atoms with Crippen molar-refractivity contribution >= 4 is 24.0 Å². The molecule has 0 aliphatic rings. The monoisotopic (exact) mass is 410 g/mol. The number of benzene rings is 2. The Labute approximate surface area is 172 Å². The van der Waals surface area contributed by atoms with E-state index in [1.807, 2.05) is 0 Å². The smallest absolute Gasteiger partial charge is 0.336 e. The van der Waals surface area contributed by atoms with Crippen molar-refractivity contribution in [1.82, 2.24) is 0 Å². The van der Waals surface area contributed by atoms with Crippen LogP contribution >= 0.6 is 0 Å². The fourth-order valence-corrected chi connectivity index (χ4v) is 2.22. The first kappa shape index (κ1) is 22.3. The van der Waals surface area contributed by atoms with Gasteiger partial charge in [0.1, 0.15) is 17.3 Å². The quantitative estimate of drug-likeness (QED) is 0.355. The first-order valence-corrected chi connectivity index (χ1v) is 8.83. The van der Waals surface area contributed by atoms with Gasteiger partial charge in [0.15, 0.2) is 0 Å². The largest absolute Gasteiger partial charge is 0.462 e. The van der Waals surface area contributed by atoms with Crippen LogP contribution < -0.4 is 9.47 Å². The fourth-order valence-electron chi connectivity index (χ4n) is 2.22. The number of esters is 3. The summed E-state index contributed by atoms with van der Waals surface area (Å²) < 4.78 is 28.9. The molecule has 0 N–H and O–H groups in total. The van der Waals surface area contributed by atoms with E-state index in [4.69, 9.17) is 14.2 Å². The van der Waals surface area contributed by atoms with Crippen molar-refractivity contribution in [2.75, 3.05) is 6.61 Å². The molecule has 6 nitrogen and oxygen atoms in total. The van der Waals surface area contributed by atoms with Gasteiger partial charge in [-0.3, -0.25) is 0 Å². The SMILES string of the molecule is C=CC(=O)OCCc1ccc(OC(=O)C=Cc2ccc(OC(=O)C=C)cc2F)cc1. The number of carbonyl (C=O) groups excluding carboxylic acids is 3. The molecule has 0 heterocycles. The van der Waals surface area contributed by atoms with Crippen LogP contribution in [0.5, 0.6) is 11.5 Å². The second kappa shape index (κ2) is 11.1. The van der Waals surface area contributed by atoms with Crippen LogP contribution in [-0.4, -0.2) is 24.5 Å². The van der Waals surface area contributed by atoms with E-state index in [2.05, 4.69) is 13.2 Å². The Kier molecular flexibility index (Phi) is 8.26. The molecule has 0 bridgehead atoms. The van der Waals surface area contributed by atoms with E-state index < -0.39 is 23.7 Å². The maximum absolute atomic E-state index is 14.0. The van der Waals surface area contributed by atoms with Crippen LogP contribution in [0.1, 0.15) is 11.1 Å². The molecule has 0 radical (unpaired) electrons. The topological polar surface area (TPSA) is 78.9 Å². The zero-order chi connectivity index (χ0) is 21.9. The molecule has 2 aromatic rings. The normalized spacial score (nSPS) is 10.3. The van der Waals surface area contributed by atoms with E-state index in [1.165, 1.54) is 18.2 Å². The van der Waals surface area contributed by atoms with Gasteiger partial charge in [0.05, 0.1) is 6.61 Å². The van der Waals surface area contributed by atoms with E-state index in [0.717, 1.165) is 29.9 Å². The molecule has 0 saturated heterocycles. The van der Waals surface area contributed by atoms with Gasteiger partial charge in [0, 0.05) is 36.3 Å². The Hall–Kier alpha value is -4.00. The van der Waals surface area contributed by atoms with Crippen molar-refractivity contribution < 1.29 is 33.0 Å². The van der Waals surface area contributed by atoms with E-state index in [0.29, 0.717) is 12.2 Å². The minimum Gasteiger partial charge on any atom is -0.462 e. The summed E-state index contributed by atoms with van der Waals surface area (Å²) in [7, 11) is 0. The average Bonchev–Trinajstić information content (AvgIpc) is 2.74. The Morgan fingerprint density at radius 1 is 0.867 bits per heavy atom. The summed E-state index contributed by atoms with van der Waals surface area (Å²) in [4.78, 5) is 34.0. The minimum atomic E-state index is -0.704. The molecule has 30 heavy (non-hydrogen) atoms. The lowest BCUT2D eigenvalue weighted by Crippen LogP contribution is -2.05. The molecule has 0 spiro atoms. The molecule has 2 aromatic carbocycles. The van der Waals surface area contributed by atoms with E-state index in [1.54, 1.807) is 24.3 Å². The second-order valence-electron chi connectivity index (χ2n) is 5.83. The third-order valence-electron chi connectivity index (χ3n) is 3.70. The summed E-state index contributed by atoms with van der Waals surface area (Å²) in [5.41, 5.74) is 1.01. The zero-order valence-electron chi connectivity index (χ0n) is 16.0. The first-order valence-electron chi connectivity index (χ1n) is 8.83. The minimum absolute atomic E-state index is 0.0245. The van der Waals surface area contributed by atoms with Gasteiger partial charge < -0.3 is 14.2 Å². The van der Waals surface area contributed by atoms with Crippen LogP contribution in [0.3, 0.4) is 0 Å².